The molecule has 0 radical (unpaired) electrons. The zero-order chi connectivity index (χ0) is 23.9. The van der Waals surface area contributed by atoms with Gasteiger partial charge in [0.25, 0.3) is 5.91 Å². The molecular formula is C27H26FN5OS. The first-order chi connectivity index (χ1) is 17.1. The van der Waals surface area contributed by atoms with Crippen LogP contribution in [0.3, 0.4) is 0 Å². The van der Waals surface area contributed by atoms with E-state index in [1.54, 1.807) is 18.5 Å². The summed E-state index contributed by atoms with van der Waals surface area (Å²) < 4.78 is 13.3. The lowest BCUT2D eigenvalue weighted by atomic mass is 9.99. The largest absolute Gasteiger partial charge is 0.368 e. The second kappa shape index (κ2) is 8.92. The predicted octanol–water partition coefficient (Wildman–Crippen LogP) is 4.66. The predicted molar refractivity (Wildman–Crippen MR) is 138 cm³/mol. The van der Waals surface area contributed by atoms with E-state index in [0.29, 0.717) is 13.1 Å². The van der Waals surface area contributed by atoms with Gasteiger partial charge in [0, 0.05) is 45.0 Å². The summed E-state index contributed by atoms with van der Waals surface area (Å²) in [6, 6.07) is 15.1. The fourth-order valence-electron chi connectivity index (χ4n) is 5.14. The second-order valence-electron chi connectivity index (χ2n) is 9.13. The highest BCUT2D eigenvalue weighted by molar-refractivity contribution is 7.20. The Morgan fingerprint density at radius 1 is 0.914 bits per heavy atom. The fourth-order valence-corrected chi connectivity index (χ4v) is 6.25. The normalized spacial score (nSPS) is 16.0. The molecule has 4 aromatic rings. The molecule has 1 fully saturated rings. The van der Waals surface area contributed by atoms with Gasteiger partial charge >= 0.3 is 0 Å². The van der Waals surface area contributed by atoms with Crippen LogP contribution >= 0.6 is 11.3 Å². The average molecular weight is 488 g/mol. The molecule has 178 valence electrons. The summed E-state index contributed by atoms with van der Waals surface area (Å²) in [5.41, 5.74) is 4.67. The number of piperazine rings is 1. The summed E-state index contributed by atoms with van der Waals surface area (Å²) in [6.07, 6.45) is 2.60. The van der Waals surface area contributed by atoms with Crippen LogP contribution in [-0.4, -0.2) is 53.5 Å². The first kappa shape index (κ1) is 22.0. The molecule has 0 spiro atoms. The van der Waals surface area contributed by atoms with Crippen LogP contribution in [0.15, 0.2) is 54.9 Å². The number of aromatic nitrogens is 2. The molecular weight excluding hydrogens is 461 g/mol. The molecule has 8 heteroatoms. The molecule has 0 N–H and O–H groups in total. The van der Waals surface area contributed by atoms with Crippen molar-refractivity contribution in [1.29, 1.82) is 0 Å². The van der Waals surface area contributed by atoms with Gasteiger partial charge < -0.3 is 14.7 Å². The smallest absolute Gasteiger partial charge is 0.264 e. The summed E-state index contributed by atoms with van der Waals surface area (Å²) in [5.74, 6) is 0.733. The Kier molecular flexibility index (Phi) is 5.60. The van der Waals surface area contributed by atoms with E-state index in [4.69, 9.17) is 0 Å². The summed E-state index contributed by atoms with van der Waals surface area (Å²) in [4.78, 5) is 30.7. The standard InChI is InChI=1S/C27H26FN5OS/c1-18-23-25(33-11-10-19-4-2-3-5-20(19)16-33)29-17-30-26(23)35-24(18)27(34)32-14-12-31(13-15-32)22-8-6-21(28)7-9-22/h2-9,17H,10-16H2,1H3. The van der Waals surface area contributed by atoms with Crippen molar-refractivity contribution in [2.45, 2.75) is 19.9 Å². The molecule has 4 heterocycles. The molecule has 2 aliphatic heterocycles. The van der Waals surface area contributed by atoms with E-state index in [1.165, 1.54) is 34.6 Å². The van der Waals surface area contributed by atoms with Gasteiger partial charge in [-0.15, -0.1) is 11.3 Å². The van der Waals surface area contributed by atoms with Gasteiger partial charge in [-0.05, 0) is 54.3 Å². The Morgan fingerprint density at radius 3 is 2.43 bits per heavy atom. The maximum atomic E-state index is 13.5. The van der Waals surface area contributed by atoms with Crippen molar-refractivity contribution in [1.82, 2.24) is 14.9 Å². The minimum atomic E-state index is -0.237. The Balaban J connectivity index is 1.23. The number of carbonyl (C=O) groups is 1. The molecule has 6 nitrogen and oxygen atoms in total. The highest BCUT2D eigenvalue weighted by Gasteiger charge is 2.28. The van der Waals surface area contributed by atoms with Crippen LogP contribution in [0.5, 0.6) is 0 Å². The van der Waals surface area contributed by atoms with Crippen LogP contribution in [0.4, 0.5) is 15.9 Å². The average Bonchev–Trinajstić information content (AvgIpc) is 3.25. The molecule has 0 unspecified atom stereocenters. The molecule has 2 aromatic carbocycles. The van der Waals surface area contributed by atoms with Gasteiger partial charge in [0.1, 0.15) is 22.8 Å². The minimum absolute atomic E-state index is 0.0548. The van der Waals surface area contributed by atoms with Gasteiger partial charge in [0.05, 0.1) is 10.3 Å². The third-order valence-corrected chi connectivity index (χ3v) is 8.28. The lowest BCUT2D eigenvalue weighted by molar-refractivity contribution is 0.0751. The van der Waals surface area contributed by atoms with Gasteiger partial charge in [-0.3, -0.25) is 4.79 Å². The van der Waals surface area contributed by atoms with Gasteiger partial charge in [0.2, 0.25) is 0 Å². The number of hydrogen-bond acceptors (Lipinski definition) is 6. The highest BCUT2D eigenvalue weighted by Crippen LogP contribution is 2.37. The summed E-state index contributed by atoms with van der Waals surface area (Å²) in [6.45, 7) is 6.43. The van der Waals surface area contributed by atoms with E-state index < -0.39 is 0 Å². The minimum Gasteiger partial charge on any atom is -0.368 e. The SMILES string of the molecule is Cc1c(C(=O)N2CCN(c3ccc(F)cc3)CC2)sc2ncnc(N3CCc4ccccc4C3)c12. The Bertz CT molecular complexity index is 1390. The lowest BCUT2D eigenvalue weighted by Gasteiger charge is -2.36. The number of carbonyl (C=O) groups excluding carboxylic acids is 1. The summed E-state index contributed by atoms with van der Waals surface area (Å²) in [5, 5.41) is 0.991. The number of halogens is 1. The van der Waals surface area contributed by atoms with Gasteiger partial charge in [-0.25, -0.2) is 14.4 Å². The number of nitrogens with zero attached hydrogens (tertiary/aromatic N) is 5. The van der Waals surface area contributed by atoms with Crippen molar-refractivity contribution in [3.63, 3.8) is 0 Å². The Hall–Kier alpha value is -3.52. The number of rotatable bonds is 3. The quantitative estimate of drug-likeness (QED) is 0.421. The second-order valence-corrected chi connectivity index (χ2v) is 10.1. The summed E-state index contributed by atoms with van der Waals surface area (Å²) >= 11 is 1.46. The van der Waals surface area contributed by atoms with Crippen LogP contribution < -0.4 is 9.80 Å². The van der Waals surface area contributed by atoms with Gasteiger partial charge in [-0.2, -0.15) is 0 Å². The maximum absolute atomic E-state index is 13.5. The van der Waals surface area contributed by atoms with Crippen molar-refractivity contribution < 1.29 is 9.18 Å². The Labute approximate surface area is 207 Å². The van der Waals surface area contributed by atoms with Crippen molar-refractivity contribution in [3.05, 3.63) is 82.2 Å². The van der Waals surface area contributed by atoms with E-state index in [2.05, 4.69) is 44.0 Å². The monoisotopic (exact) mass is 487 g/mol. The number of benzene rings is 2. The molecule has 6 rings (SSSR count). The van der Waals surface area contributed by atoms with E-state index in [1.807, 2.05) is 11.8 Å². The molecule has 2 aromatic heterocycles. The fraction of sp³-hybridized carbons (Fsp3) is 0.296. The van der Waals surface area contributed by atoms with Crippen molar-refractivity contribution in [2.75, 3.05) is 42.5 Å². The first-order valence-corrected chi connectivity index (χ1v) is 12.8. The third kappa shape index (κ3) is 4.01. The molecule has 2 aliphatic rings. The molecule has 0 aliphatic carbocycles. The zero-order valence-electron chi connectivity index (χ0n) is 19.6. The van der Waals surface area contributed by atoms with E-state index >= 15 is 0 Å². The lowest BCUT2D eigenvalue weighted by Crippen LogP contribution is -2.48. The molecule has 0 atom stereocenters. The topological polar surface area (TPSA) is 52.6 Å². The van der Waals surface area contributed by atoms with Crippen LogP contribution in [0.2, 0.25) is 0 Å². The number of thiophene rings is 1. The number of fused-ring (bicyclic) bond motifs is 2. The molecule has 35 heavy (non-hydrogen) atoms. The molecule has 1 saturated heterocycles. The van der Waals surface area contributed by atoms with Gasteiger partial charge in [-0.1, -0.05) is 24.3 Å². The number of amides is 1. The zero-order valence-corrected chi connectivity index (χ0v) is 20.4. The van der Waals surface area contributed by atoms with Crippen LogP contribution in [0.1, 0.15) is 26.4 Å². The van der Waals surface area contributed by atoms with Crippen LogP contribution in [0.25, 0.3) is 10.2 Å². The maximum Gasteiger partial charge on any atom is 0.264 e. The van der Waals surface area contributed by atoms with Crippen LogP contribution in [-0.2, 0) is 13.0 Å². The van der Waals surface area contributed by atoms with Crippen molar-refractivity contribution >= 4 is 39.0 Å². The molecule has 0 saturated carbocycles. The van der Waals surface area contributed by atoms with E-state index in [-0.39, 0.29) is 11.7 Å². The van der Waals surface area contributed by atoms with E-state index in [0.717, 1.165) is 64.8 Å². The van der Waals surface area contributed by atoms with Gasteiger partial charge in [0.15, 0.2) is 0 Å². The van der Waals surface area contributed by atoms with Crippen LogP contribution in [0, 0.1) is 12.7 Å². The Morgan fingerprint density at radius 2 is 1.66 bits per heavy atom. The summed E-state index contributed by atoms with van der Waals surface area (Å²) in [7, 11) is 0. The number of aryl methyl sites for hydroxylation is 1. The first-order valence-electron chi connectivity index (χ1n) is 11.9. The molecule has 1 amide bonds. The van der Waals surface area contributed by atoms with E-state index in [9.17, 15) is 9.18 Å². The number of anilines is 2. The highest BCUT2D eigenvalue weighted by atomic mass is 32.1. The van der Waals surface area contributed by atoms with Crippen molar-refractivity contribution in [3.8, 4) is 0 Å². The number of hydrogen-bond donors (Lipinski definition) is 0. The third-order valence-electron chi connectivity index (χ3n) is 7.09. The molecule has 0 bridgehead atoms. The van der Waals surface area contributed by atoms with Crippen molar-refractivity contribution in [2.24, 2.45) is 0 Å².